The summed E-state index contributed by atoms with van der Waals surface area (Å²) in [6.07, 6.45) is 0.00198. The van der Waals surface area contributed by atoms with E-state index in [9.17, 15) is 28.7 Å². The van der Waals surface area contributed by atoms with Gasteiger partial charge in [-0.2, -0.15) is 0 Å². The maximum absolute atomic E-state index is 14.0. The number of benzene rings is 3. The fourth-order valence-corrected chi connectivity index (χ4v) is 6.28. The van der Waals surface area contributed by atoms with Crippen LogP contribution in [0.2, 0.25) is 0 Å². The number of anilines is 1. The lowest BCUT2D eigenvalue weighted by atomic mass is 9.77. The van der Waals surface area contributed by atoms with Crippen molar-refractivity contribution in [3.63, 3.8) is 0 Å². The highest BCUT2D eigenvalue weighted by molar-refractivity contribution is 6.62. The molecule has 2 saturated heterocycles. The van der Waals surface area contributed by atoms with Crippen LogP contribution in [0.3, 0.4) is 0 Å². The van der Waals surface area contributed by atoms with E-state index in [0.717, 1.165) is 11.0 Å². The number of rotatable bonds is 12. The van der Waals surface area contributed by atoms with Gasteiger partial charge in [0.1, 0.15) is 25.1 Å². The highest BCUT2D eigenvalue weighted by Crippen LogP contribution is 2.46. The number of β-lactam (4-membered cyclic amide) rings is 1. The van der Waals surface area contributed by atoms with E-state index in [4.69, 9.17) is 23.5 Å². The van der Waals surface area contributed by atoms with Crippen molar-refractivity contribution in [1.29, 1.82) is 0 Å². The van der Waals surface area contributed by atoms with E-state index in [1.807, 2.05) is 64.1 Å². The molecule has 54 heavy (non-hydrogen) atoms. The number of aliphatic hydroxyl groups is 1. The summed E-state index contributed by atoms with van der Waals surface area (Å²) in [5.74, 6) is 2.75. The van der Waals surface area contributed by atoms with Gasteiger partial charge in [0.15, 0.2) is 5.60 Å². The molecule has 0 saturated carbocycles. The molecule has 2 aliphatic rings. The van der Waals surface area contributed by atoms with E-state index < -0.39 is 78.9 Å². The quantitative estimate of drug-likeness (QED) is 0.0876. The minimum atomic E-state index is -1.94. The molecule has 0 bridgehead atoms. The van der Waals surface area contributed by atoms with Gasteiger partial charge in [0, 0.05) is 32.0 Å². The minimum absolute atomic E-state index is 0.117. The first-order valence-electron chi connectivity index (χ1n) is 17.7. The summed E-state index contributed by atoms with van der Waals surface area (Å²) in [4.78, 5) is 50.5. The molecule has 284 valence electrons. The van der Waals surface area contributed by atoms with E-state index in [0.29, 0.717) is 29.7 Å². The fourth-order valence-electron chi connectivity index (χ4n) is 6.28. The van der Waals surface area contributed by atoms with Crippen molar-refractivity contribution in [1.82, 2.24) is 0 Å². The van der Waals surface area contributed by atoms with Crippen LogP contribution in [0.1, 0.15) is 90.1 Å². The largest absolute Gasteiger partial charge is 0.494 e. The average molecular weight is 742 g/mol. The fraction of sp³-hybridized carbons (Fsp3) is 0.415. The van der Waals surface area contributed by atoms with Crippen LogP contribution in [-0.2, 0) is 42.7 Å². The molecule has 2 aliphatic heterocycles. The summed E-state index contributed by atoms with van der Waals surface area (Å²) in [6, 6.07) is 19.9. The third kappa shape index (κ3) is 9.36. The molecule has 2 heterocycles. The molecule has 3 aromatic carbocycles. The lowest BCUT2D eigenvalue weighted by Gasteiger charge is -2.48. The lowest BCUT2D eigenvalue weighted by Crippen LogP contribution is -2.55. The molecule has 1 N–H and O–H groups in total. The Balaban J connectivity index is 1.42. The standard InChI is InChI=1S/C41H45BFNO10/c1-26(45)50-24-41(49,25-51-27(2)46)23-22-29-8-10-31(11-9-29)37-35(20-21-36(52-28(3)47)30-12-16-33(43)17-13-30)38(48)44(37)34-18-14-32(15-19-34)42-53-39(4,5)40(6,7)54-42/h8-19,35-37,49H,20-21,24-25H2,1-7H3/t35?,36-,37?/m0/s1. The normalized spacial score (nSPS) is 19.2. The van der Waals surface area contributed by atoms with Gasteiger partial charge in [-0.05, 0) is 93.5 Å². The molecule has 0 aliphatic carbocycles. The summed E-state index contributed by atoms with van der Waals surface area (Å²) in [6.45, 7) is 10.6. The molecule has 11 nitrogen and oxygen atoms in total. The Labute approximate surface area is 315 Å². The van der Waals surface area contributed by atoms with Gasteiger partial charge in [-0.3, -0.25) is 19.2 Å². The number of nitrogens with zero attached hydrogens (tertiary/aromatic N) is 1. The molecule has 0 aromatic heterocycles. The van der Waals surface area contributed by atoms with Crippen LogP contribution in [0.4, 0.5) is 10.1 Å². The van der Waals surface area contributed by atoms with Crippen LogP contribution in [-0.4, -0.2) is 66.1 Å². The lowest BCUT2D eigenvalue weighted by molar-refractivity contribution is -0.154. The van der Waals surface area contributed by atoms with Crippen molar-refractivity contribution < 1.29 is 52.2 Å². The van der Waals surface area contributed by atoms with E-state index in [2.05, 4.69) is 11.8 Å². The van der Waals surface area contributed by atoms with Gasteiger partial charge in [-0.25, -0.2) is 4.39 Å². The molecule has 1 amide bonds. The number of hydrogen-bond acceptors (Lipinski definition) is 10. The predicted octanol–water partition coefficient (Wildman–Crippen LogP) is 5.12. The molecule has 3 atom stereocenters. The van der Waals surface area contributed by atoms with Gasteiger partial charge in [0.25, 0.3) is 0 Å². The second kappa shape index (κ2) is 16.1. The topological polar surface area (TPSA) is 138 Å². The monoisotopic (exact) mass is 741 g/mol. The number of ether oxygens (including phenoxy) is 3. The van der Waals surface area contributed by atoms with Gasteiger partial charge >= 0.3 is 25.0 Å². The predicted molar refractivity (Wildman–Crippen MR) is 198 cm³/mol. The molecule has 0 spiro atoms. The van der Waals surface area contributed by atoms with Crippen molar-refractivity contribution in [2.75, 3.05) is 18.1 Å². The number of halogens is 1. The summed E-state index contributed by atoms with van der Waals surface area (Å²) >= 11 is 0. The van der Waals surface area contributed by atoms with Gasteiger partial charge in [0.2, 0.25) is 5.91 Å². The first kappa shape index (κ1) is 40.2. The number of esters is 3. The molecule has 0 radical (unpaired) electrons. The van der Waals surface area contributed by atoms with Crippen molar-refractivity contribution >= 4 is 42.1 Å². The number of amides is 1. The van der Waals surface area contributed by atoms with Gasteiger partial charge in [0.05, 0.1) is 23.2 Å². The molecule has 3 aromatic rings. The van der Waals surface area contributed by atoms with Crippen molar-refractivity contribution in [2.24, 2.45) is 5.92 Å². The third-order valence-electron chi connectivity index (χ3n) is 9.92. The summed E-state index contributed by atoms with van der Waals surface area (Å²) in [5.41, 5.74) is 0.451. The van der Waals surface area contributed by atoms with Gasteiger partial charge in [-0.1, -0.05) is 48.2 Å². The summed E-state index contributed by atoms with van der Waals surface area (Å²) in [7, 11) is -0.571. The average Bonchev–Trinajstić information content (AvgIpc) is 3.34. The van der Waals surface area contributed by atoms with Crippen LogP contribution >= 0.6 is 0 Å². The zero-order valence-electron chi connectivity index (χ0n) is 31.5. The molecular formula is C41H45BFNO10. The van der Waals surface area contributed by atoms with Crippen LogP contribution < -0.4 is 10.4 Å². The Hall–Kier alpha value is -5.03. The van der Waals surface area contributed by atoms with Crippen LogP contribution in [0.15, 0.2) is 72.8 Å². The van der Waals surface area contributed by atoms with Crippen molar-refractivity contribution in [2.45, 2.75) is 90.3 Å². The number of carbonyl (C=O) groups excluding carboxylic acids is 4. The second-order valence-electron chi connectivity index (χ2n) is 14.6. The molecule has 2 unspecified atom stereocenters. The van der Waals surface area contributed by atoms with Gasteiger partial charge in [-0.15, -0.1) is 0 Å². The highest BCUT2D eigenvalue weighted by atomic mass is 19.1. The van der Waals surface area contributed by atoms with Crippen molar-refractivity contribution in [3.05, 3.63) is 95.3 Å². The van der Waals surface area contributed by atoms with Crippen LogP contribution in [0.5, 0.6) is 0 Å². The molecule has 2 fully saturated rings. The van der Waals surface area contributed by atoms with E-state index in [-0.39, 0.29) is 5.91 Å². The smallest absolute Gasteiger partial charge is 0.462 e. The Kier molecular flexibility index (Phi) is 12.0. The van der Waals surface area contributed by atoms with Crippen LogP contribution in [0.25, 0.3) is 0 Å². The third-order valence-corrected chi connectivity index (χ3v) is 9.92. The maximum Gasteiger partial charge on any atom is 0.494 e. The van der Waals surface area contributed by atoms with Gasteiger partial charge < -0.3 is 33.5 Å². The first-order valence-corrected chi connectivity index (χ1v) is 17.7. The molecule has 13 heteroatoms. The maximum atomic E-state index is 14.0. The first-order chi connectivity index (χ1) is 25.4. The second-order valence-corrected chi connectivity index (χ2v) is 14.6. The molecule has 5 rings (SSSR count). The summed E-state index contributed by atoms with van der Waals surface area (Å²) < 4.78 is 41.6. The zero-order valence-corrected chi connectivity index (χ0v) is 31.5. The van der Waals surface area contributed by atoms with Crippen molar-refractivity contribution in [3.8, 4) is 11.8 Å². The Morgan fingerprint density at radius 3 is 1.94 bits per heavy atom. The summed E-state index contributed by atoms with van der Waals surface area (Å²) in [5, 5.41) is 10.9. The number of hydrogen-bond donors (Lipinski definition) is 1. The van der Waals surface area contributed by atoms with E-state index >= 15 is 0 Å². The van der Waals surface area contributed by atoms with Crippen LogP contribution in [0, 0.1) is 23.6 Å². The highest BCUT2D eigenvalue weighted by Gasteiger charge is 2.52. The Morgan fingerprint density at radius 2 is 1.43 bits per heavy atom. The Bertz CT molecular complexity index is 1880. The minimum Gasteiger partial charge on any atom is -0.462 e. The SMILES string of the molecule is CC(=O)OCC(O)(C#Cc1ccc(C2C(CC[C@H](OC(C)=O)c3ccc(F)cc3)C(=O)N2c2ccc(B3OC(C)(C)C(C)(C)O3)cc2)cc1)COC(C)=O. The van der Waals surface area contributed by atoms with E-state index in [1.54, 1.807) is 29.2 Å². The molecular weight excluding hydrogens is 696 g/mol. The van der Waals surface area contributed by atoms with E-state index in [1.165, 1.54) is 32.9 Å². The Morgan fingerprint density at radius 1 is 0.870 bits per heavy atom. The zero-order chi connectivity index (χ0) is 39.4. The number of carbonyl (C=O) groups is 4.